The third-order valence-corrected chi connectivity index (χ3v) is 5.61. The van der Waals surface area contributed by atoms with Crippen molar-refractivity contribution in [1.82, 2.24) is 4.90 Å². The lowest BCUT2D eigenvalue weighted by molar-refractivity contribution is -0.136. The minimum absolute atomic E-state index is 0.239. The van der Waals surface area contributed by atoms with Crippen molar-refractivity contribution in [1.29, 1.82) is 0 Å². The maximum absolute atomic E-state index is 13.3. The van der Waals surface area contributed by atoms with Crippen LogP contribution in [-0.4, -0.2) is 23.3 Å². The number of carbonyl (C=O) groups excluding carboxylic acids is 2. The second-order valence-corrected chi connectivity index (χ2v) is 7.44. The molecule has 2 aromatic rings. The van der Waals surface area contributed by atoms with Crippen molar-refractivity contribution in [3.05, 3.63) is 76.4 Å². The fourth-order valence-corrected chi connectivity index (χ4v) is 4.10. The van der Waals surface area contributed by atoms with E-state index in [2.05, 4.69) is 6.92 Å². The Morgan fingerprint density at radius 1 is 0.926 bits per heavy atom. The normalized spacial score (nSPS) is 14.4. The fraction of sp³-hybridized carbons (Fsp3) is 0.273. The van der Waals surface area contributed by atoms with Crippen molar-refractivity contribution in [2.45, 2.75) is 31.9 Å². The first-order valence-electron chi connectivity index (χ1n) is 9.15. The summed E-state index contributed by atoms with van der Waals surface area (Å²) in [6.45, 7) is 2.50. The molecule has 0 radical (unpaired) electrons. The zero-order valence-corrected chi connectivity index (χ0v) is 16.1. The number of amides is 2. The molecule has 1 aliphatic heterocycles. The summed E-state index contributed by atoms with van der Waals surface area (Å²) < 4.78 is 13.3. The van der Waals surface area contributed by atoms with Gasteiger partial charge in [-0.3, -0.25) is 14.5 Å². The number of hydrogen-bond acceptors (Lipinski definition) is 3. The van der Waals surface area contributed by atoms with Crippen molar-refractivity contribution in [3.8, 4) is 0 Å². The Hall–Kier alpha value is -2.40. The van der Waals surface area contributed by atoms with E-state index in [-0.39, 0.29) is 17.6 Å². The lowest BCUT2D eigenvalue weighted by Gasteiger charge is -2.14. The highest BCUT2D eigenvalue weighted by molar-refractivity contribution is 8.03. The molecule has 0 spiro atoms. The van der Waals surface area contributed by atoms with Crippen LogP contribution < -0.4 is 0 Å². The van der Waals surface area contributed by atoms with E-state index < -0.39 is 0 Å². The molecule has 0 unspecified atom stereocenters. The molecule has 2 aromatic carbocycles. The number of nitrogens with zero attached hydrogens (tertiary/aromatic N) is 1. The summed E-state index contributed by atoms with van der Waals surface area (Å²) in [4.78, 5) is 27.7. The smallest absolute Gasteiger partial charge is 0.267 e. The lowest BCUT2D eigenvalue weighted by Crippen LogP contribution is -2.32. The summed E-state index contributed by atoms with van der Waals surface area (Å²) in [5, 5.41) is 0. The molecular weight excluding hydrogens is 361 g/mol. The van der Waals surface area contributed by atoms with Gasteiger partial charge < -0.3 is 0 Å². The number of hydrogen-bond donors (Lipinski definition) is 0. The van der Waals surface area contributed by atoms with Crippen molar-refractivity contribution in [3.63, 3.8) is 0 Å². The Balaban J connectivity index is 1.89. The van der Waals surface area contributed by atoms with Gasteiger partial charge in [-0.05, 0) is 29.7 Å². The molecular formula is C22H22FNO2S. The van der Waals surface area contributed by atoms with Crippen molar-refractivity contribution in [2.75, 3.05) is 6.54 Å². The first-order chi connectivity index (χ1) is 13.1. The van der Waals surface area contributed by atoms with Gasteiger partial charge in [0.25, 0.3) is 11.8 Å². The van der Waals surface area contributed by atoms with Crippen LogP contribution in [0.3, 0.4) is 0 Å². The van der Waals surface area contributed by atoms with Gasteiger partial charge in [-0.15, -0.1) is 11.8 Å². The molecule has 0 atom stereocenters. The summed E-state index contributed by atoms with van der Waals surface area (Å²) >= 11 is 1.37. The highest BCUT2D eigenvalue weighted by Crippen LogP contribution is 2.37. The minimum Gasteiger partial charge on any atom is -0.274 e. The SMILES string of the molecule is CCCCCN1C(=O)C(SCc2ccccc2)=C(c2ccc(F)cc2)C1=O. The molecule has 0 saturated heterocycles. The molecule has 0 aliphatic carbocycles. The average Bonchev–Trinajstić information content (AvgIpc) is 2.92. The van der Waals surface area contributed by atoms with Crippen LogP contribution in [-0.2, 0) is 15.3 Å². The zero-order chi connectivity index (χ0) is 19.2. The molecule has 0 fully saturated rings. The molecule has 2 amide bonds. The van der Waals surface area contributed by atoms with E-state index in [1.807, 2.05) is 30.3 Å². The number of benzene rings is 2. The maximum Gasteiger partial charge on any atom is 0.267 e. The molecule has 0 saturated carbocycles. The van der Waals surface area contributed by atoms with Gasteiger partial charge in [0, 0.05) is 12.3 Å². The van der Waals surface area contributed by atoms with E-state index in [1.54, 1.807) is 12.1 Å². The summed E-state index contributed by atoms with van der Waals surface area (Å²) in [5.74, 6) is -0.285. The second kappa shape index (κ2) is 9.00. The summed E-state index contributed by atoms with van der Waals surface area (Å²) in [5.41, 5.74) is 2.05. The predicted molar refractivity (Wildman–Crippen MR) is 107 cm³/mol. The highest BCUT2D eigenvalue weighted by Gasteiger charge is 2.38. The quantitative estimate of drug-likeness (QED) is 0.474. The van der Waals surface area contributed by atoms with E-state index in [4.69, 9.17) is 0 Å². The van der Waals surface area contributed by atoms with Crippen molar-refractivity contribution in [2.24, 2.45) is 0 Å². The van der Waals surface area contributed by atoms with Crippen LogP contribution in [0, 0.1) is 5.82 Å². The molecule has 5 heteroatoms. The molecule has 3 nitrogen and oxygen atoms in total. The standard InChI is InChI=1S/C22H22FNO2S/c1-2-3-7-14-24-21(25)19(17-10-12-18(23)13-11-17)20(22(24)26)27-15-16-8-5-4-6-9-16/h4-6,8-13H,2-3,7,14-15H2,1H3. The Kier molecular flexibility index (Phi) is 6.45. The highest BCUT2D eigenvalue weighted by atomic mass is 32.2. The summed E-state index contributed by atoms with van der Waals surface area (Å²) in [7, 11) is 0. The first-order valence-corrected chi connectivity index (χ1v) is 10.1. The van der Waals surface area contributed by atoms with Gasteiger partial charge in [0.15, 0.2) is 0 Å². The Labute approximate surface area is 163 Å². The minimum atomic E-state index is -0.366. The number of rotatable bonds is 8. The second-order valence-electron chi connectivity index (χ2n) is 6.45. The topological polar surface area (TPSA) is 37.4 Å². The van der Waals surface area contributed by atoms with Crippen LogP contribution >= 0.6 is 11.8 Å². The van der Waals surface area contributed by atoms with E-state index in [1.165, 1.54) is 28.8 Å². The number of unbranched alkanes of at least 4 members (excludes halogenated alkanes) is 2. The Morgan fingerprint density at radius 2 is 1.63 bits per heavy atom. The van der Waals surface area contributed by atoms with E-state index in [0.717, 1.165) is 24.8 Å². The Morgan fingerprint density at radius 3 is 2.30 bits per heavy atom. The van der Waals surface area contributed by atoms with Crippen LogP contribution in [0.1, 0.15) is 37.3 Å². The molecule has 27 heavy (non-hydrogen) atoms. The van der Waals surface area contributed by atoms with Gasteiger partial charge in [-0.1, -0.05) is 62.2 Å². The van der Waals surface area contributed by atoms with Gasteiger partial charge in [-0.25, -0.2) is 4.39 Å². The summed E-state index contributed by atoms with van der Waals surface area (Å²) in [6, 6.07) is 15.6. The van der Waals surface area contributed by atoms with Crippen molar-refractivity contribution < 1.29 is 14.0 Å². The van der Waals surface area contributed by atoms with Gasteiger partial charge in [0.05, 0.1) is 10.5 Å². The van der Waals surface area contributed by atoms with Crippen LogP contribution in [0.2, 0.25) is 0 Å². The van der Waals surface area contributed by atoms with Gasteiger partial charge in [-0.2, -0.15) is 0 Å². The Bertz CT molecular complexity index is 846. The van der Waals surface area contributed by atoms with E-state index >= 15 is 0 Å². The average molecular weight is 383 g/mol. The van der Waals surface area contributed by atoms with Crippen LogP contribution in [0.4, 0.5) is 4.39 Å². The van der Waals surface area contributed by atoms with Gasteiger partial charge in [0.1, 0.15) is 5.82 Å². The van der Waals surface area contributed by atoms with Crippen molar-refractivity contribution >= 4 is 29.1 Å². The molecule has 0 bridgehead atoms. The molecule has 1 heterocycles. The van der Waals surface area contributed by atoms with E-state index in [0.29, 0.717) is 28.3 Å². The maximum atomic E-state index is 13.3. The molecule has 0 aromatic heterocycles. The number of halogens is 1. The number of carbonyl (C=O) groups is 2. The van der Waals surface area contributed by atoms with Crippen LogP contribution in [0.25, 0.3) is 5.57 Å². The van der Waals surface area contributed by atoms with Gasteiger partial charge in [0.2, 0.25) is 0 Å². The molecule has 0 N–H and O–H groups in total. The predicted octanol–water partition coefficient (Wildman–Crippen LogP) is 5.03. The monoisotopic (exact) mass is 383 g/mol. The lowest BCUT2D eigenvalue weighted by atomic mass is 10.1. The van der Waals surface area contributed by atoms with Crippen LogP contribution in [0.15, 0.2) is 59.5 Å². The first kappa shape index (κ1) is 19.4. The largest absolute Gasteiger partial charge is 0.274 e. The number of thioether (sulfide) groups is 1. The third-order valence-electron chi connectivity index (χ3n) is 4.47. The molecule has 3 rings (SSSR count). The molecule has 140 valence electrons. The van der Waals surface area contributed by atoms with Gasteiger partial charge >= 0.3 is 0 Å². The number of imide groups is 1. The third kappa shape index (κ3) is 4.48. The fourth-order valence-electron chi connectivity index (χ4n) is 3.01. The molecule has 1 aliphatic rings. The summed E-state index contributed by atoms with van der Waals surface area (Å²) in [6.07, 6.45) is 2.78. The van der Waals surface area contributed by atoms with Crippen LogP contribution in [0.5, 0.6) is 0 Å². The van der Waals surface area contributed by atoms with E-state index in [9.17, 15) is 14.0 Å². The zero-order valence-electron chi connectivity index (χ0n) is 15.3.